The van der Waals surface area contributed by atoms with Gasteiger partial charge >= 0.3 is 0 Å². The Bertz CT molecular complexity index is 535. The minimum atomic E-state index is 0.0958. The van der Waals surface area contributed by atoms with Crippen molar-refractivity contribution in [3.63, 3.8) is 0 Å². The first-order valence-electron chi connectivity index (χ1n) is 7.69. The zero-order valence-corrected chi connectivity index (χ0v) is 11.7. The van der Waals surface area contributed by atoms with Crippen molar-refractivity contribution >= 4 is 11.6 Å². The lowest BCUT2D eigenvalue weighted by molar-refractivity contribution is 0.0620. The molecule has 4 nitrogen and oxygen atoms in total. The number of piperidine rings is 3. The molecule has 1 aromatic rings. The predicted molar refractivity (Wildman–Crippen MR) is 79.1 cm³/mol. The highest BCUT2D eigenvalue weighted by atomic mass is 16.1. The molecule has 0 saturated carbocycles. The molecule has 2 bridgehead atoms. The highest BCUT2D eigenvalue weighted by Gasteiger charge is 2.34. The Balaban J connectivity index is 1.48. The van der Waals surface area contributed by atoms with E-state index in [9.17, 15) is 4.79 Å². The van der Waals surface area contributed by atoms with Crippen molar-refractivity contribution < 1.29 is 4.79 Å². The van der Waals surface area contributed by atoms with Crippen LogP contribution in [0.2, 0.25) is 0 Å². The lowest BCUT2D eigenvalue weighted by Gasteiger charge is -2.44. The molecule has 4 heteroatoms. The fourth-order valence-electron chi connectivity index (χ4n) is 3.83. The quantitative estimate of drug-likeness (QED) is 0.856. The van der Waals surface area contributed by atoms with E-state index >= 15 is 0 Å². The SMILES string of the molecule is O=C(NC1CN2CCC1CC2)c1ccc2c(c1)CCN2. The smallest absolute Gasteiger partial charge is 0.251 e. The molecular weight excluding hydrogens is 250 g/mol. The zero-order chi connectivity index (χ0) is 13.5. The molecule has 0 aromatic heterocycles. The third-order valence-corrected chi connectivity index (χ3v) is 5.05. The number of anilines is 1. The molecule has 1 atom stereocenters. The predicted octanol–water partition coefficient (Wildman–Crippen LogP) is 1.48. The van der Waals surface area contributed by atoms with Gasteiger partial charge in [0.25, 0.3) is 5.91 Å². The van der Waals surface area contributed by atoms with Gasteiger partial charge < -0.3 is 15.5 Å². The van der Waals surface area contributed by atoms with E-state index in [0.29, 0.717) is 12.0 Å². The highest BCUT2D eigenvalue weighted by molar-refractivity contribution is 5.95. The second-order valence-electron chi connectivity index (χ2n) is 6.27. The molecule has 4 aliphatic heterocycles. The monoisotopic (exact) mass is 271 g/mol. The summed E-state index contributed by atoms with van der Waals surface area (Å²) in [5, 5.41) is 6.59. The van der Waals surface area contributed by atoms with Crippen LogP contribution in [0, 0.1) is 5.92 Å². The molecule has 0 radical (unpaired) electrons. The van der Waals surface area contributed by atoms with Crippen molar-refractivity contribution in [3.05, 3.63) is 29.3 Å². The van der Waals surface area contributed by atoms with Crippen molar-refractivity contribution in [2.75, 3.05) is 31.5 Å². The summed E-state index contributed by atoms with van der Waals surface area (Å²) in [4.78, 5) is 14.9. The minimum Gasteiger partial charge on any atom is -0.384 e. The summed E-state index contributed by atoms with van der Waals surface area (Å²) in [6.45, 7) is 4.44. The average molecular weight is 271 g/mol. The van der Waals surface area contributed by atoms with Gasteiger partial charge in [0, 0.05) is 30.4 Å². The van der Waals surface area contributed by atoms with Crippen molar-refractivity contribution in [1.82, 2.24) is 10.2 Å². The number of hydrogen-bond acceptors (Lipinski definition) is 3. The average Bonchev–Trinajstić information content (AvgIpc) is 2.96. The van der Waals surface area contributed by atoms with Gasteiger partial charge in [-0.3, -0.25) is 4.79 Å². The molecule has 106 valence electrons. The van der Waals surface area contributed by atoms with Gasteiger partial charge in [-0.1, -0.05) is 0 Å². The van der Waals surface area contributed by atoms with Crippen molar-refractivity contribution in [2.24, 2.45) is 5.92 Å². The number of amides is 1. The fraction of sp³-hybridized carbons (Fsp3) is 0.562. The number of rotatable bonds is 2. The number of nitrogens with zero attached hydrogens (tertiary/aromatic N) is 1. The van der Waals surface area contributed by atoms with Gasteiger partial charge in [-0.25, -0.2) is 0 Å². The van der Waals surface area contributed by atoms with E-state index in [4.69, 9.17) is 0 Å². The molecule has 3 saturated heterocycles. The fourth-order valence-corrected chi connectivity index (χ4v) is 3.83. The normalized spacial score (nSPS) is 30.7. The molecule has 4 aliphatic rings. The molecule has 0 spiro atoms. The standard InChI is InChI=1S/C16H21N3O/c20-16(13-1-2-14-12(9-13)3-6-17-14)18-15-10-19-7-4-11(15)5-8-19/h1-2,9,11,15,17H,3-8,10H2,(H,18,20). The Morgan fingerprint density at radius 1 is 1.30 bits per heavy atom. The molecular formula is C16H21N3O. The third-order valence-electron chi connectivity index (χ3n) is 5.05. The maximum Gasteiger partial charge on any atom is 0.251 e. The van der Waals surface area contributed by atoms with Gasteiger partial charge in [0.05, 0.1) is 0 Å². The Hall–Kier alpha value is -1.55. The molecule has 5 rings (SSSR count). The van der Waals surface area contributed by atoms with Crippen LogP contribution in [0.3, 0.4) is 0 Å². The van der Waals surface area contributed by atoms with E-state index in [2.05, 4.69) is 15.5 Å². The molecule has 2 N–H and O–H groups in total. The molecule has 3 fully saturated rings. The van der Waals surface area contributed by atoms with E-state index in [1.54, 1.807) is 0 Å². The first-order valence-corrected chi connectivity index (χ1v) is 7.69. The number of benzene rings is 1. The van der Waals surface area contributed by atoms with Crippen LogP contribution >= 0.6 is 0 Å². The number of nitrogens with one attached hydrogen (secondary N) is 2. The summed E-state index contributed by atoms with van der Waals surface area (Å²) in [6.07, 6.45) is 3.49. The third kappa shape index (κ3) is 2.08. The van der Waals surface area contributed by atoms with E-state index < -0.39 is 0 Å². The highest BCUT2D eigenvalue weighted by Crippen LogP contribution is 2.28. The summed E-state index contributed by atoms with van der Waals surface area (Å²) >= 11 is 0. The van der Waals surface area contributed by atoms with E-state index in [1.165, 1.54) is 37.2 Å². The van der Waals surface area contributed by atoms with Gasteiger partial charge in [-0.05, 0) is 62.0 Å². The molecule has 4 heterocycles. The van der Waals surface area contributed by atoms with Gasteiger partial charge in [-0.2, -0.15) is 0 Å². The maximum absolute atomic E-state index is 12.4. The van der Waals surface area contributed by atoms with Crippen LogP contribution in [0.1, 0.15) is 28.8 Å². The summed E-state index contributed by atoms with van der Waals surface area (Å²) in [5.74, 6) is 0.776. The van der Waals surface area contributed by atoms with Crippen LogP contribution in [-0.4, -0.2) is 43.0 Å². The van der Waals surface area contributed by atoms with E-state index in [0.717, 1.165) is 25.1 Å². The van der Waals surface area contributed by atoms with E-state index in [-0.39, 0.29) is 5.91 Å². The molecule has 1 amide bonds. The van der Waals surface area contributed by atoms with E-state index in [1.807, 2.05) is 18.2 Å². The topological polar surface area (TPSA) is 44.4 Å². The van der Waals surface area contributed by atoms with Crippen LogP contribution < -0.4 is 10.6 Å². The Kier molecular flexibility index (Phi) is 2.91. The minimum absolute atomic E-state index is 0.0958. The number of fused-ring (bicyclic) bond motifs is 4. The Labute approximate surface area is 119 Å². The summed E-state index contributed by atoms with van der Waals surface area (Å²) in [6, 6.07) is 6.37. The summed E-state index contributed by atoms with van der Waals surface area (Å²) < 4.78 is 0. The van der Waals surface area contributed by atoms with Crippen molar-refractivity contribution in [3.8, 4) is 0 Å². The van der Waals surface area contributed by atoms with Crippen LogP contribution in [0.25, 0.3) is 0 Å². The second-order valence-corrected chi connectivity index (χ2v) is 6.27. The molecule has 1 aromatic carbocycles. The Morgan fingerprint density at radius 2 is 2.15 bits per heavy atom. The lowest BCUT2D eigenvalue weighted by Crippen LogP contribution is -2.57. The zero-order valence-electron chi connectivity index (χ0n) is 11.7. The molecule has 0 aliphatic carbocycles. The second kappa shape index (κ2) is 4.77. The summed E-state index contributed by atoms with van der Waals surface area (Å²) in [7, 11) is 0. The van der Waals surface area contributed by atoms with Gasteiger partial charge in [-0.15, -0.1) is 0 Å². The van der Waals surface area contributed by atoms with Gasteiger partial charge in [0.1, 0.15) is 0 Å². The van der Waals surface area contributed by atoms with Gasteiger partial charge in [0.2, 0.25) is 0 Å². The van der Waals surface area contributed by atoms with Crippen molar-refractivity contribution in [2.45, 2.75) is 25.3 Å². The number of hydrogen-bond donors (Lipinski definition) is 2. The molecule has 20 heavy (non-hydrogen) atoms. The molecule has 1 unspecified atom stereocenters. The first-order chi connectivity index (χ1) is 9.79. The van der Waals surface area contributed by atoms with Gasteiger partial charge in [0.15, 0.2) is 0 Å². The first kappa shape index (κ1) is 12.2. The number of carbonyl (C=O) groups excluding carboxylic acids is 1. The van der Waals surface area contributed by atoms with Crippen LogP contribution in [-0.2, 0) is 6.42 Å². The maximum atomic E-state index is 12.4. The lowest BCUT2D eigenvalue weighted by atomic mass is 9.84. The van der Waals surface area contributed by atoms with Crippen LogP contribution in [0.15, 0.2) is 18.2 Å². The summed E-state index contributed by atoms with van der Waals surface area (Å²) in [5.41, 5.74) is 3.26. The van der Waals surface area contributed by atoms with Crippen molar-refractivity contribution in [1.29, 1.82) is 0 Å². The Morgan fingerprint density at radius 3 is 2.90 bits per heavy atom. The van der Waals surface area contributed by atoms with Crippen LogP contribution in [0.5, 0.6) is 0 Å². The van der Waals surface area contributed by atoms with Crippen LogP contribution in [0.4, 0.5) is 5.69 Å². The largest absolute Gasteiger partial charge is 0.384 e. The number of carbonyl (C=O) groups is 1.